The van der Waals surface area contributed by atoms with Gasteiger partial charge in [0.15, 0.2) is 12.6 Å². The highest BCUT2D eigenvalue weighted by molar-refractivity contribution is 5.85. The molecule has 12 nitrogen and oxygen atoms in total. The van der Waals surface area contributed by atoms with Gasteiger partial charge in [0.2, 0.25) is 0 Å². The van der Waals surface area contributed by atoms with Crippen LogP contribution in [0.3, 0.4) is 0 Å². The zero-order chi connectivity index (χ0) is 18.6. The summed E-state index contributed by atoms with van der Waals surface area (Å²) in [6.45, 7) is -0.940. The molecule has 0 radical (unpaired) electrons. The van der Waals surface area contributed by atoms with Crippen LogP contribution in [0.2, 0.25) is 0 Å². The second kappa shape index (κ2) is 12.5. The molecule has 0 aromatic rings. The highest BCUT2D eigenvalue weighted by Crippen LogP contribution is 2.18. The van der Waals surface area contributed by atoms with Crippen LogP contribution < -0.4 is 11.5 Å². The van der Waals surface area contributed by atoms with Crippen LogP contribution in [-0.4, -0.2) is 115 Å². The molecule has 0 aromatic carbocycles. The van der Waals surface area contributed by atoms with Crippen molar-refractivity contribution in [1.29, 1.82) is 0 Å². The molecule has 2 heterocycles. The molecular formula is C12H28Cl2N2O10. The van der Waals surface area contributed by atoms with Crippen molar-refractivity contribution in [3.63, 3.8) is 0 Å². The van der Waals surface area contributed by atoms with Crippen LogP contribution in [0.25, 0.3) is 0 Å². The van der Waals surface area contributed by atoms with E-state index < -0.39 is 74.5 Å². The number of aliphatic hydroxyl groups excluding tert-OH is 8. The molecule has 12 N–H and O–H groups in total. The smallest absolute Gasteiger partial charge is 0.173 e. The maximum absolute atomic E-state index is 9.20. The number of hydrogen-bond donors (Lipinski definition) is 10. The minimum absolute atomic E-state index is 0. The summed E-state index contributed by atoms with van der Waals surface area (Å²) >= 11 is 0. The Morgan fingerprint density at radius 1 is 0.577 bits per heavy atom. The predicted octanol–water partition coefficient (Wildman–Crippen LogP) is -5.67. The monoisotopic (exact) mass is 430 g/mol. The first-order chi connectivity index (χ1) is 11.1. The Kier molecular flexibility index (Phi) is 13.7. The van der Waals surface area contributed by atoms with E-state index in [2.05, 4.69) is 0 Å². The van der Waals surface area contributed by atoms with Gasteiger partial charge in [-0.15, -0.1) is 24.8 Å². The zero-order valence-corrected chi connectivity index (χ0v) is 15.2. The molecule has 2 saturated heterocycles. The van der Waals surface area contributed by atoms with Gasteiger partial charge in [-0.25, -0.2) is 0 Å². The Bertz CT molecular complexity index is 344. The van der Waals surface area contributed by atoms with Crippen LogP contribution in [0.4, 0.5) is 0 Å². The van der Waals surface area contributed by atoms with Crippen LogP contribution in [0, 0.1) is 0 Å². The predicted molar refractivity (Wildman–Crippen MR) is 90.4 cm³/mol. The Labute approximate surface area is 161 Å². The number of ether oxygens (including phenoxy) is 2. The first-order valence-corrected chi connectivity index (χ1v) is 7.27. The zero-order valence-electron chi connectivity index (χ0n) is 13.6. The van der Waals surface area contributed by atoms with E-state index >= 15 is 0 Å². The van der Waals surface area contributed by atoms with Gasteiger partial charge < -0.3 is 61.8 Å². The normalized spacial score (nSPS) is 45.5. The largest absolute Gasteiger partial charge is 0.394 e. The van der Waals surface area contributed by atoms with Crippen LogP contribution in [0.15, 0.2) is 0 Å². The van der Waals surface area contributed by atoms with Gasteiger partial charge in [-0.1, -0.05) is 0 Å². The average Bonchev–Trinajstić information content (AvgIpc) is 2.58. The molecule has 0 aliphatic carbocycles. The van der Waals surface area contributed by atoms with Crippen molar-refractivity contribution in [2.24, 2.45) is 11.5 Å². The fourth-order valence-electron chi connectivity index (χ4n) is 2.24. The van der Waals surface area contributed by atoms with E-state index in [4.69, 9.17) is 41.4 Å². The summed E-state index contributed by atoms with van der Waals surface area (Å²) in [6.07, 6.45) is -9.70. The second-order valence-corrected chi connectivity index (χ2v) is 5.61. The van der Waals surface area contributed by atoms with E-state index in [-0.39, 0.29) is 24.8 Å². The van der Waals surface area contributed by atoms with Crippen molar-refractivity contribution < 1.29 is 50.3 Å². The Hall–Kier alpha value is 0.100. The lowest BCUT2D eigenvalue weighted by atomic mass is 9.98. The highest BCUT2D eigenvalue weighted by atomic mass is 35.5. The van der Waals surface area contributed by atoms with Crippen LogP contribution in [-0.2, 0) is 9.47 Å². The third kappa shape index (κ3) is 6.61. The second-order valence-electron chi connectivity index (χ2n) is 5.61. The lowest BCUT2D eigenvalue weighted by molar-refractivity contribution is -0.248. The van der Waals surface area contributed by atoms with E-state index in [1.54, 1.807) is 0 Å². The Morgan fingerprint density at radius 2 is 0.846 bits per heavy atom. The quantitative estimate of drug-likeness (QED) is 0.197. The van der Waals surface area contributed by atoms with E-state index in [0.717, 1.165) is 0 Å². The number of hydrogen-bond acceptors (Lipinski definition) is 12. The molecule has 2 fully saturated rings. The molecule has 0 saturated carbocycles. The third-order valence-corrected chi connectivity index (χ3v) is 3.90. The van der Waals surface area contributed by atoms with E-state index in [9.17, 15) is 20.4 Å². The van der Waals surface area contributed by atoms with Gasteiger partial charge in [-0.3, -0.25) is 0 Å². The van der Waals surface area contributed by atoms with Crippen LogP contribution in [0.5, 0.6) is 0 Å². The van der Waals surface area contributed by atoms with Gasteiger partial charge in [0.1, 0.15) is 36.6 Å². The number of aliphatic hydroxyl groups is 8. The molecule has 0 aromatic heterocycles. The topological polar surface area (TPSA) is 232 Å². The molecule has 2 rings (SSSR count). The van der Waals surface area contributed by atoms with Gasteiger partial charge in [-0.05, 0) is 0 Å². The van der Waals surface area contributed by atoms with Crippen LogP contribution >= 0.6 is 24.8 Å². The van der Waals surface area contributed by atoms with E-state index in [1.807, 2.05) is 0 Å². The molecule has 160 valence electrons. The lowest BCUT2D eigenvalue weighted by Gasteiger charge is -2.38. The molecule has 0 spiro atoms. The first-order valence-electron chi connectivity index (χ1n) is 7.27. The number of halogens is 2. The maximum atomic E-state index is 9.20. The maximum Gasteiger partial charge on any atom is 0.173 e. The summed E-state index contributed by atoms with van der Waals surface area (Å²) in [7, 11) is 0. The number of nitrogens with two attached hydrogens (primary N) is 2. The molecule has 0 amide bonds. The molecular weight excluding hydrogens is 403 g/mol. The van der Waals surface area contributed by atoms with Crippen molar-refractivity contribution >= 4 is 24.8 Å². The van der Waals surface area contributed by atoms with E-state index in [0.29, 0.717) is 0 Å². The lowest BCUT2D eigenvalue weighted by Crippen LogP contribution is -2.61. The summed E-state index contributed by atoms with van der Waals surface area (Å²) < 4.78 is 9.40. The van der Waals surface area contributed by atoms with Gasteiger partial charge >= 0.3 is 0 Å². The van der Waals surface area contributed by atoms with E-state index in [1.165, 1.54) is 0 Å². The molecule has 0 bridgehead atoms. The molecule has 2 unspecified atom stereocenters. The average molecular weight is 431 g/mol. The van der Waals surface area contributed by atoms with Gasteiger partial charge in [0.25, 0.3) is 0 Å². The van der Waals surface area contributed by atoms with Crippen molar-refractivity contribution in [3.8, 4) is 0 Å². The molecule has 14 heteroatoms. The molecule has 2 aliphatic heterocycles. The van der Waals surface area contributed by atoms with Gasteiger partial charge in [0.05, 0.1) is 25.3 Å². The fourth-order valence-corrected chi connectivity index (χ4v) is 2.24. The summed E-state index contributed by atoms with van der Waals surface area (Å²) in [5.74, 6) is 0. The SMILES string of the molecule is Cl.Cl.N[C@H]1C(O)O[C@H](CO)[C@@H](O)[C@@H]1O.N[C@H]1C(O)O[C@H](CO)[C@@H](O)[C@@H]1O. The van der Waals surface area contributed by atoms with Gasteiger partial charge in [-0.2, -0.15) is 0 Å². The summed E-state index contributed by atoms with van der Waals surface area (Å²) in [5, 5.41) is 72.1. The fraction of sp³-hybridized carbons (Fsp3) is 1.00. The van der Waals surface area contributed by atoms with Crippen molar-refractivity contribution in [2.75, 3.05) is 13.2 Å². The summed E-state index contributed by atoms with van der Waals surface area (Å²) in [4.78, 5) is 0. The first kappa shape index (κ1) is 28.3. The van der Waals surface area contributed by atoms with Gasteiger partial charge in [0, 0.05) is 0 Å². The summed E-state index contributed by atoms with van der Waals surface area (Å²) in [5.41, 5.74) is 10.5. The highest BCUT2D eigenvalue weighted by Gasteiger charge is 2.42. The molecule has 26 heavy (non-hydrogen) atoms. The molecule has 10 atom stereocenters. The van der Waals surface area contributed by atoms with Crippen molar-refractivity contribution in [3.05, 3.63) is 0 Å². The third-order valence-electron chi connectivity index (χ3n) is 3.90. The minimum Gasteiger partial charge on any atom is -0.394 e. The Balaban J connectivity index is 0. The Morgan fingerprint density at radius 3 is 1.08 bits per heavy atom. The standard InChI is InChI=1S/2C6H13NO5.2ClH/c2*7-3-5(10)4(9)2(1-8)12-6(3)11;;/h2*2-6,8-11H,1,7H2;2*1H/t2*2-,3-,4-,5-,6?;;/m11../s1. The van der Waals surface area contributed by atoms with Crippen molar-refractivity contribution in [2.45, 2.75) is 61.3 Å². The summed E-state index contributed by atoms with van der Waals surface area (Å²) in [6, 6.07) is -2.08. The molecule has 2 aliphatic rings. The van der Waals surface area contributed by atoms with Crippen molar-refractivity contribution in [1.82, 2.24) is 0 Å². The number of rotatable bonds is 2. The van der Waals surface area contributed by atoms with Crippen LogP contribution in [0.1, 0.15) is 0 Å². The minimum atomic E-state index is -1.35.